The quantitative estimate of drug-likeness (QED) is 0.461. The van der Waals surface area contributed by atoms with Crippen molar-refractivity contribution in [3.63, 3.8) is 0 Å². The number of nitrogens with zero attached hydrogens (tertiary/aromatic N) is 4. The fourth-order valence-electron chi connectivity index (χ4n) is 1.44. The molecule has 0 saturated heterocycles. The number of nitrogens with two attached hydrogens (primary N) is 1. The minimum Gasteiger partial charge on any atom is -0.369 e. The van der Waals surface area contributed by atoms with Crippen LogP contribution < -0.4 is 11.1 Å². The molecule has 8 nitrogen and oxygen atoms in total. The number of carbonyl (C=O) groups is 2. The first-order valence-electron chi connectivity index (χ1n) is 5.99. The summed E-state index contributed by atoms with van der Waals surface area (Å²) >= 11 is 0. The van der Waals surface area contributed by atoms with Crippen LogP contribution in [-0.2, 0) is 9.59 Å². The summed E-state index contributed by atoms with van der Waals surface area (Å²) in [5, 5.41) is 2.32. The third-order valence-electron chi connectivity index (χ3n) is 2.34. The standard InChI is InChI=1S/C13H12N6O2/c14-10(20)7-12(21)18-8-17-11-3-6-16-13(19-11)9-1-4-15-5-2-9/h1-6,8H,7H2,(H2,14,20)(H,16,17,18,19,21). The van der Waals surface area contributed by atoms with Crippen molar-refractivity contribution in [2.75, 3.05) is 0 Å². The lowest BCUT2D eigenvalue weighted by Gasteiger charge is -2.00. The Bertz CT molecular complexity index is 671. The topological polar surface area (TPSA) is 123 Å². The normalized spacial score (nSPS) is 10.5. The fourth-order valence-corrected chi connectivity index (χ4v) is 1.44. The summed E-state index contributed by atoms with van der Waals surface area (Å²) in [6.07, 6.45) is 5.60. The third kappa shape index (κ3) is 4.46. The van der Waals surface area contributed by atoms with Gasteiger partial charge in [0.2, 0.25) is 11.8 Å². The number of amides is 2. The van der Waals surface area contributed by atoms with E-state index in [2.05, 4.69) is 25.3 Å². The zero-order valence-corrected chi connectivity index (χ0v) is 10.9. The lowest BCUT2D eigenvalue weighted by atomic mass is 10.2. The van der Waals surface area contributed by atoms with Gasteiger partial charge in [0.25, 0.3) is 0 Å². The zero-order chi connectivity index (χ0) is 15.1. The molecule has 0 saturated carbocycles. The summed E-state index contributed by atoms with van der Waals surface area (Å²) in [5.74, 6) is -0.371. The number of hydrogen-bond donors (Lipinski definition) is 2. The van der Waals surface area contributed by atoms with Gasteiger partial charge in [0, 0.05) is 30.2 Å². The average molecular weight is 284 g/mol. The van der Waals surface area contributed by atoms with Crippen LogP contribution in [0.1, 0.15) is 6.42 Å². The zero-order valence-electron chi connectivity index (χ0n) is 10.9. The van der Waals surface area contributed by atoms with Crippen molar-refractivity contribution in [1.29, 1.82) is 0 Å². The van der Waals surface area contributed by atoms with Gasteiger partial charge >= 0.3 is 0 Å². The maximum atomic E-state index is 11.2. The molecule has 0 aromatic carbocycles. The number of pyridine rings is 1. The second-order valence-electron chi connectivity index (χ2n) is 3.94. The average Bonchev–Trinajstić information content (AvgIpc) is 2.48. The Morgan fingerprint density at radius 2 is 2.00 bits per heavy atom. The van der Waals surface area contributed by atoms with E-state index in [9.17, 15) is 9.59 Å². The van der Waals surface area contributed by atoms with Gasteiger partial charge in [-0.05, 0) is 12.1 Å². The van der Waals surface area contributed by atoms with Crippen LogP contribution in [0.5, 0.6) is 0 Å². The van der Waals surface area contributed by atoms with Gasteiger partial charge < -0.3 is 11.1 Å². The highest BCUT2D eigenvalue weighted by Gasteiger charge is 2.03. The SMILES string of the molecule is NC(=O)CC(=O)NC=Nc1ccnc(-c2ccncc2)n1. The predicted molar refractivity (Wildman–Crippen MR) is 75.4 cm³/mol. The van der Waals surface area contributed by atoms with Crippen LogP contribution in [0, 0.1) is 0 Å². The summed E-state index contributed by atoms with van der Waals surface area (Å²) in [6, 6.07) is 5.14. The van der Waals surface area contributed by atoms with E-state index in [0.29, 0.717) is 11.6 Å². The van der Waals surface area contributed by atoms with Crippen molar-refractivity contribution in [2.24, 2.45) is 10.7 Å². The molecule has 8 heteroatoms. The monoisotopic (exact) mass is 284 g/mol. The van der Waals surface area contributed by atoms with E-state index in [-0.39, 0.29) is 0 Å². The second-order valence-corrected chi connectivity index (χ2v) is 3.94. The minimum absolute atomic E-state index is 0.371. The Kier molecular flexibility index (Phi) is 4.65. The molecule has 106 valence electrons. The molecule has 0 aliphatic carbocycles. The molecule has 2 aromatic heterocycles. The largest absolute Gasteiger partial charge is 0.369 e. The molecule has 21 heavy (non-hydrogen) atoms. The molecule has 0 radical (unpaired) electrons. The Hall–Kier alpha value is -3.16. The molecule has 0 fully saturated rings. The van der Waals surface area contributed by atoms with Crippen molar-refractivity contribution in [2.45, 2.75) is 6.42 Å². The molecule has 0 aliphatic rings. The predicted octanol–water partition coefficient (Wildman–Crippen LogP) is 0.190. The number of carbonyl (C=O) groups excluding carboxylic acids is 2. The molecule has 2 heterocycles. The maximum Gasteiger partial charge on any atom is 0.234 e. The van der Waals surface area contributed by atoms with Gasteiger partial charge in [0.05, 0.1) is 6.34 Å². The van der Waals surface area contributed by atoms with Crippen molar-refractivity contribution in [1.82, 2.24) is 20.3 Å². The van der Waals surface area contributed by atoms with Crippen LogP contribution in [-0.4, -0.2) is 33.1 Å². The molecule has 2 amide bonds. The van der Waals surface area contributed by atoms with E-state index in [0.717, 1.165) is 11.9 Å². The lowest BCUT2D eigenvalue weighted by molar-refractivity contribution is -0.126. The van der Waals surface area contributed by atoms with Gasteiger partial charge in [-0.3, -0.25) is 14.6 Å². The van der Waals surface area contributed by atoms with Crippen LogP contribution in [0.25, 0.3) is 11.4 Å². The summed E-state index contributed by atoms with van der Waals surface area (Å²) in [4.78, 5) is 38.0. The molecule has 0 bridgehead atoms. The third-order valence-corrected chi connectivity index (χ3v) is 2.34. The molecule has 0 atom stereocenters. The van der Waals surface area contributed by atoms with E-state index in [1.165, 1.54) is 0 Å². The van der Waals surface area contributed by atoms with E-state index in [1.54, 1.807) is 36.8 Å². The van der Waals surface area contributed by atoms with Gasteiger partial charge in [-0.15, -0.1) is 0 Å². The summed E-state index contributed by atoms with van der Waals surface area (Å²) < 4.78 is 0. The number of hydrogen-bond acceptors (Lipinski definition) is 6. The Morgan fingerprint density at radius 1 is 1.24 bits per heavy atom. The van der Waals surface area contributed by atoms with Crippen LogP contribution in [0.2, 0.25) is 0 Å². The van der Waals surface area contributed by atoms with Crippen LogP contribution >= 0.6 is 0 Å². The molecule has 0 spiro atoms. The highest BCUT2D eigenvalue weighted by Crippen LogP contribution is 2.15. The Balaban J connectivity index is 2.05. The van der Waals surface area contributed by atoms with E-state index >= 15 is 0 Å². The number of aliphatic imine (C=N–C) groups is 1. The van der Waals surface area contributed by atoms with Crippen LogP contribution in [0.3, 0.4) is 0 Å². The van der Waals surface area contributed by atoms with E-state index < -0.39 is 18.2 Å². The lowest BCUT2D eigenvalue weighted by Crippen LogP contribution is -2.27. The minimum atomic E-state index is -0.706. The van der Waals surface area contributed by atoms with E-state index in [1.807, 2.05) is 0 Å². The molecular weight excluding hydrogens is 272 g/mol. The molecular formula is C13H12N6O2. The fraction of sp³-hybridized carbons (Fsp3) is 0.0769. The summed E-state index contributed by atoms with van der Waals surface area (Å²) in [5.41, 5.74) is 5.70. The molecule has 0 aliphatic heterocycles. The van der Waals surface area contributed by atoms with Crippen molar-refractivity contribution >= 4 is 24.0 Å². The van der Waals surface area contributed by atoms with Crippen LogP contribution in [0.4, 0.5) is 5.82 Å². The Labute approximate surface area is 120 Å². The summed E-state index contributed by atoms with van der Waals surface area (Å²) in [6.45, 7) is 0. The highest BCUT2D eigenvalue weighted by molar-refractivity contribution is 6.00. The number of aromatic nitrogens is 3. The van der Waals surface area contributed by atoms with Gasteiger partial charge in [0.15, 0.2) is 11.6 Å². The Morgan fingerprint density at radius 3 is 2.71 bits per heavy atom. The van der Waals surface area contributed by atoms with Crippen molar-refractivity contribution in [3.8, 4) is 11.4 Å². The first kappa shape index (κ1) is 14.3. The smallest absolute Gasteiger partial charge is 0.234 e. The highest BCUT2D eigenvalue weighted by atomic mass is 16.2. The number of nitrogens with one attached hydrogen (secondary N) is 1. The van der Waals surface area contributed by atoms with E-state index in [4.69, 9.17) is 5.73 Å². The summed E-state index contributed by atoms with van der Waals surface area (Å²) in [7, 11) is 0. The molecule has 2 rings (SSSR count). The first-order valence-corrected chi connectivity index (χ1v) is 5.99. The van der Waals surface area contributed by atoms with Gasteiger partial charge in [0.1, 0.15) is 6.42 Å². The maximum absolute atomic E-state index is 11.2. The van der Waals surface area contributed by atoms with Gasteiger partial charge in [-0.2, -0.15) is 0 Å². The van der Waals surface area contributed by atoms with Gasteiger partial charge in [-0.1, -0.05) is 0 Å². The van der Waals surface area contributed by atoms with Crippen molar-refractivity contribution < 1.29 is 9.59 Å². The molecule has 0 unspecified atom stereocenters. The second kappa shape index (κ2) is 6.85. The molecule has 2 aromatic rings. The number of rotatable bonds is 5. The van der Waals surface area contributed by atoms with Gasteiger partial charge in [-0.25, -0.2) is 15.0 Å². The number of primary amides is 1. The molecule has 3 N–H and O–H groups in total. The first-order chi connectivity index (χ1) is 10.1. The van der Waals surface area contributed by atoms with Crippen LogP contribution in [0.15, 0.2) is 41.8 Å². The van der Waals surface area contributed by atoms with Crippen molar-refractivity contribution in [3.05, 3.63) is 36.8 Å².